The number of nitrogens with zero attached hydrogens (tertiary/aromatic N) is 5. The fraction of sp³-hybridized carbons (Fsp3) is 0.217. The van der Waals surface area contributed by atoms with Crippen molar-refractivity contribution in [2.45, 2.75) is 0 Å². The molecule has 0 aliphatic carbocycles. The highest BCUT2D eigenvalue weighted by molar-refractivity contribution is 8.23. The van der Waals surface area contributed by atoms with Crippen LogP contribution in [0.2, 0.25) is 0 Å². The topological polar surface area (TPSA) is 103 Å². The zero-order valence-electron chi connectivity index (χ0n) is 18.3. The number of aromatic nitrogens is 3. The van der Waals surface area contributed by atoms with E-state index in [9.17, 15) is 9.59 Å². The number of thiocarbonyl (C=S) groups is 1. The summed E-state index contributed by atoms with van der Waals surface area (Å²) in [5, 5.41) is 5.63. The first-order chi connectivity index (χ1) is 16.6. The van der Waals surface area contributed by atoms with Crippen LogP contribution in [0.4, 0.5) is 17.3 Å². The normalized spacial score (nSPS) is 13.3. The van der Waals surface area contributed by atoms with Gasteiger partial charge in [-0.3, -0.25) is 14.6 Å². The molecule has 0 spiro atoms. The molecule has 0 radical (unpaired) electrons. The van der Waals surface area contributed by atoms with Crippen molar-refractivity contribution in [1.29, 1.82) is 0 Å². The van der Waals surface area contributed by atoms with Gasteiger partial charge in [-0.15, -0.1) is 0 Å². The second kappa shape index (κ2) is 11.5. The number of anilines is 3. The zero-order chi connectivity index (χ0) is 23.8. The van der Waals surface area contributed by atoms with E-state index >= 15 is 0 Å². The molecule has 1 saturated heterocycles. The van der Waals surface area contributed by atoms with E-state index in [2.05, 4.69) is 35.4 Å². The number of carbonyl (C=O) groups excluding carboxylic acids is 2. The van der Waals surface area contributed by atoms with E-state index in [1.807, 2.05) is 0 Å². The zero-order valence-corrected chi connectivity index (χ0v) is 19.9. The average Bonchev–Trinajstić information content (AvgIpc) is 2.88. The molecule has 0 unspecified atom stereocenters. The van der Waals surface area contributed by atoms with Gasteiger partial charge >= 0.3 is 0 Å². The van der Waals surface area contributed by atoms with Gasteiger partial charge in [0.15, 0.2) is 0 Å². The highest BCUT2D eigenvalue weighted by atomic mass is 32.2. The Morgan fingerprint density at radius 1 is 0.882 bits per heavy atom. The Bertz CT molecular complexity index is 1140. The number of nitrogens with one attached hydrogen (secondary N) is 2. The Kier molecular flexibility index (Phi) is 7.99. The van der Waals surface area contributed by atoms with Gasteiger partial charge in [0.2, 0.25) is 11.9 Å². The summed E-state index contributed by atoms with van der Waals surface area (Å²) in [5.74, 6) is 0.435. The Morgan fingerprint density at radius 3 is 2.29 bits per heavy atom. The fourth-order valence-electron chi connectivity index (χ4n) is 3.33. The Hall–Kier alpha value is -3.57. The maximum Gasteiger partial charge on any atom is 0.274 e. The van der Waals surface area contributed by atoms with E-state index < -0.39 is 0 Å². The van der Waals surface area contributed by atoms with Crippen LogP contribution in [0.1, 0.15) is 10.5 Å². The number of pyridine rings is 1. The van der Waals surface area contributed by atoms with Gasteiger partial charge in [-0.1, -0.05) is 36.1 Å². The highest BCUT2D eigenvalue weighted by Crippen LogP contribution is 2.18. The minimum atomic E-state index is -0.316. The molecule has 0 atom stereocenters. The summed E-state index contributed by atoms with van der Waals surface area (Å²) in [6.07, 6.45) is 5.03. The third-order valence-corrected chi connectivity index (χ3v) is 6.52. The number of hydrogen-bond donors (Lipinski definition) is 2. The summed E-state index contributed by atoms with van der Waals surface area (Å²) >= 11 is 6.87. The van der Waals surface area contributed by atoms with Crippen LogP contribution in [0.25, 0.3) is 0 Å². The number of amides is 2. The third-order valence-electron chi connectivity index (χ3n) is 5.00. The summed E-state index contributed by atoms with van der Waals surface area (Å²) in [5.41, 5.74) is 1.47. The molecule has 2 aromatic heterocycles. The lowest BCUT2D eigenvalue weighted by molar-refractivity contribution is -0.113. The molecule has 9 nitrogen and oxygen atoms in total. The van der Waals surface area contributed by atoms with Crippen LogP contribution in [0.3, 0.4) is 0 Å². The van der Waals surface area contributed by atoms with Crippen LogP contribution < -0.4 is 15.5 Å². The largest absolute Gasteiger partial charge is 0.354 e. The van der Waals surface area contributed by atoms with E-state index in [1.54, 1.807) is 67.1 Å². The fourth-order valence-corrected chi connectivity index (χ4v) is 4.38. The van der Waals surface area contributed by atoms with Gasteiger partial charge in [-0.2, -0.15) is 0 Å². The smallest absolute Gasteiger partial charge is 0.274 e. The van der Waals surface area contributed by atoms with Crippen LogP contribution in [0, 0.1) is 0 Å². The van der Waals surface area contributed by atoms with Crippen LogP contribution in [0.5, 0.6) is 0 Å². The van der Waals surface area contributed by atoms with Crippen LogP contribution in [-0.2, 0) is 4.79 Å². The van der Waals surface area contributed by atoms with Crippen molar-refractivity contribution in [1.82, 2.24) is 19.9 Å². The number of carbonyl (C=O) groups is 2. The third kappa shape index (κ3) is 6.49. The van der Waals surface area contributed by atoms with Gasteiger partial charge in [0, 0.05) is 56.1 Å². The van der Waals surface area contributed by atoms with Crippen molar-refractivity contribution in [2.24, 2.45) is 0 Å². The van der Waals surface area contributed by atoms with E-state index in [0.717, 1.165) is 32.1 Å². The molecule has 0 saturated carbocycles. The number of thioether (sulfide) groups is 1. The number of benzene rings is 1. The van der Waals surface area contributed by atoms with Gasteiger partial charge < -0.3 is 20.4 Å². The molecule has 2 amide bonds. The average molecular weight is 494 g/mol. The van der Waals surface area contributed by atoms with E-state index in [-0.39, 0.29) is 17.6 Å². The summed E-state index contributed by atoms with van der Waals surface area (Å²) in [6.45, 7) is 3.05. The summed E-state index contributed by atoms with van der Waals surface area (Å²) in [7, 11) is 0. The van der Waals surface area contributed by atoms with Gasteiger partial charge in [-0.05, 0) is 36.4 Å². The second-order valence-corrected chi connectivity index (χ2v) is 8.98. The lowest BCUT2D eigenvalue weighted by Crippen LogP contribution is -2.48. The Balaban J connectivity index is 1.22. The first-order valence-corrected chi connectivity index (χ1v) is 12.0. The van der Waals surface area contributed by atoms with Crippen molar-refractivity contribution in [3.8, 4) is 0 Å². The molecule has 4 rings (SSSR count). The van der Waals surface area contributed by atoms with Gasteiger partial charge in [0.05, 0.1) is 5.75 Å². The highest BCUT2D eigenvalue weighted by Gasteiger charge is 2.21. The lowest BCUT2D eigenvalue weighted by Gasteiger charge is -2.35. The van der Waals surface area contributed by atoms with Crippen LogP contribution >= 0.6 is 24.0 Å². The molecule has 11 heteroatoms. The molecular weight excluding hydrogens is 470 g/mol. The number of hydrogen-bond acceptors (Lipinski definition) is 8. The van der Waals surface area contributed by atoms with Crippen LogP contribution in [-0.4, -0.2) is 67.9 Å². The molecular formula is C23H23N7O2S2. The minimum absolute atomic E-state index is 0.170. The van der Waals surface area contributed by atoms with Gasteiger partial charge in [-0.25, -0.2) is 9.97 Å². The standard InChI is InChI=1S/C23H23N7O2S2/c31-20(16-34-23(33)30-13-11-29(12-14-30)22-25-9-4-10-26-22)27-17-5-3-6-18(15-17)28-21(32)19-7-1-2-8-24-19/h1-10,15H,11-14,16H2,(H,27,31)(H,28,32). The first-order valence-electron chi connectivity index (χ1n) is 10.6. The van der Waals surface area contributed by atoms with Crippen molar-refractivity contribution < 1.29 is 9.59 Å². The maximum atomic E-state index is 12.5. The molecule has 1 aliphatic heterocycles. The molecule has 1 fully saturated rings. The van der Waals surface area contributed by atoms with E-state index in [1.165, 1.54) is 11.8 Å². The van der Waals surface area contributed by atoms with E-state index in [0.29, 0.717) is 21.4 Å². The first kappa shape index (κ1) is 23.6. The predicted molar refractivity (Wildman–Crippen MR) is 138 cm³/mol. The minimum Gasteiger partial charge on any atom is -0.354 e. The Morgan fingerprint density at radius 2 is 1.59 bits per heavy atom. The second-order valence-electron chi connectivity index (χ2n) is 7.38. The summed E-state index contributed by atoms with van der Waals surface area (Å²) in [4.78, 5) is 41.6. The van der Waals surface area contributed by atoms with Gasteiger partial charge in [0.1, 0.15) is 10.0 Å². The van der Waals surface area contributed by atoms with Crippen molar-refractivity contribution in [3.05, 3.63) is 72.8 Å². The number of rotatable bonds is 6. The monoisotopic (exact) mass is 493 g/mol. The van der Waals surface area contributed by atoms with Crippen molar-refractivity contribution >= 4 is 57.4 Å². The van der Waals surface area contributed by atoms with Crippen molar-refractivity contribution in [2.75, 3.05) is 47.5 Å². The summed E-state index contributed by atoms with van der Waals surface area (Å²) in [6, 6.07) is 13.9. The summed E-state index contributed by atoms with van der Waals surface area (Å²) < 4.78 is 0.695. The molecule has 3 heterocycles. The molecule has 3 aromatic rings. The number of piperazine rings is 1. The lowest BCUT2D eigenvalue weighted by atomic mass is 10.2. The molecule has 2 N–H and O–H groups in total. The molecule has 1 aliphatic rings. The molecule has 174 valence electrons. The van der Waals surface area contributed by atoms with Gasteiger partial charge in [0.25, 0.3) is 5.91 Å². The molecule has 1 aromatic carbocycles. The van der Waals surface area contributed by atoms with E-state index in [4.69, 9.17) is 12.2 Å². The quantitative estimate of drug-likeness (QED) is 0.502. The van der Waals surface area contributed by atoms with Crippen molar-refractivity contribution in [3.63, 3.8) is 0 Å². The Labute approximate surface area is 207 Å². The predicted octanol–water partition coefficient (Wildman–Crippen LogP) is 2.90. The molecule has 34 heavy (non-hydrogen) atoms. The van der Waals surface area contributed by atoms with Crippen LogP contribution in [0.15, 0.2) is 67.1 Å². The molecule has 0 bridgehead atoms. The maximum absolute atomic E-state index is 12.5. The SMILES string of the molecule is O=C(CSC(=S)N1CCN(c2ncccn2)CC1)Nc1cccc(NC(=O)c2ccccn2)c1.